The fourth-order valence-corrected chi connectivity index (χ4v) is 2.52. The Morgan fingerprint density at radius 2 is 2.18 bits per heavy atom. The van der Waals surface area contributed by atoms with Crippen LogP contribution in [-0.4, -0.2) is 37.0 Å². The molecule has 0 aliphatic rings. The molecule has 1 aromatic heterocycles. The number of sulfonamides is 1. The monoisotopic (exact) mass is 261 g/mol. The third-order valence-electron chi connectivity index (χ3n) is 1.96. The summed E-state index contributed by atoms with van der Waals surface area (Å²) in [5.41, 5.74) is 5.46. The van der Waals surface area contributed by atoms with Crippen LogP contribution in [0.25, 0.3) is 0 Å². The van der Waals surface area contributed by atoms with Gasteiger partial charge in [0.1, 0.15) is 0 Å². The molecule has 0 saturated heterocycles. The second-order valence-electron chi connectivity index (χ2n) is 3.43. The lowest BCUT2D eigenvalue weighted by Gasteiger charge is -2.07. The van der Waals surface area contributed by atoms with Gasteiger partial charge >= 0.3 is 0 Å². The predicted molar refractivity (Wildman–Crippen MR) is 61.5 cm³/mol. The summed E-state index contributed by atoms with van der Waals surface area (Å²) >= 11 is 0. The van der Waals surface area contributed by atoms with E-state index in [4.69, 9.17) is 5.73 Å². The van der Waals surface area contributed by atoms with Gasteiger partial charge in [0, 0.05) is 27.1 Å². The first kappa shape index (κ1) is 13.5. The molecule has 0 aliphatic carbocycles. The number of imidazole rings is 1. The number of aryl methyl sites for hydroxylation is 1. The third kappa shape index (κ3) is 3.43. The van der Waals surface area contributed by atoms with Crippen LogP contribution in [0.15, 0.2) is 11.4 Å². The van der Waals surface area contributed by atoms with Gasteiger partial charge < -0.3 is 15.6 Å². The van der Waals surface area contributed by atoms with E-state index in [2.05, 4.69) is 15.0 Å². The number of nitrogens with one attached hydrogen (secondary N) is 2. The summed E-state index contributed by atoms with van der Waals surface area (Å²) in [6.07, 6.45) is 1.32. The molecular formula is C8H15N5O3S. The van der Waals surface area contributed by atoms with Crippen LogP contribution in [0.5, 0.6) is 0 Å². The van der Waals surface area contributed by atoms with E-state index in [0.29, 0.717) is 0 Å². The molecule has 1 rings (SSSR count). The average Bonchev–Trinajstić information content (AvgIpc) is 2.53. The number of hydrogen-bond acceptors (Lipinski definition) is 5. The Labute approximate surface area is 99.3 Å². The fourth-order valence-electron chi connectivity index (χ4n) is 1.26. The minimum Gasteiger partial charge on any atom is -0.381 e. The Morgan fingerprint density at radius 1 is 1.53 bits per heavy atom. The van der Waals surface area contributed by atoms with Crippen molar-refractivity contribution in [3.8, 4) is 0 Å². The summed E-state index contributed by atoms with van der Waals surface area (Å²) in [6, 6.07) is 0. The number of nitrogens with two attached hydrogens (primary N) is 1. The van der Waals surface area contributed by atoms with Crippen molar-refractivity contribution in [3.63, 3.8) is 0 Å². The number of amides is 1. The first-order valence-corrected chi connectivity index (χ1v) is 6.34. The number of aromatic nitrogens is 2. The molecule has 1 heterocycles. The Bertz CT molecular complexity index is 488. The maximum Gasteiger partial charge on any atom is 0.260 e. The van der Waals surface area contributed by atoms with Crippen LogP contribution in [0.1, 0.15) is 6.92 Å². The summed E-state index contributed by atoms with van der Waals surface area (Å²) in [5, 5.41) is 2.39. The summed E-state index contributed by atoms with van der Waals surface area (Å²) in [5.74, 6) is -0.274. The van der Waals surface area contributed by atoms with Gasteiger partial charge in [-0.1, -0.05) is 0 Å². The molecule has 1 aromatic rings. The predicted octanol–water partition coefficient (Wildman–Crippen LogP) is -1.58. The van der Waals surface area contributed by atoms with Gasteiger partial charge in [0.25, 0.3) is 10.0 Å². The molecule has 0 atom stereocenters. The molecule has 17 heavy (non-hydrogen) atoms. The minimum absolute atomic E-state index is 0.0560. The highest BCUT2D eigenvalue weighted by molar-refractivity contribution is 7.89. The van der Waals surface area contributed by atoms with Crippen LogP contribution in [0.4, 0.5) is 5.82 Å². The zero-order valence-electron chi connectivity index (χ0n) is 9.60. The van der Waals surface area contributed by atoms with Crippen molar-refractivity contribution in [2.75, 3.05) is 18.8 Å². The van der Waals surface area contributed by atoms with E-state index in [-0.39, 0.29) is 29.8 Å². The largest absolute Gasteiger partial charge is 0.381 e. The van der Waals surface area contributed by atoms with Gasteiger partial charge in [-0.3, -0.25) is 4.79 Å². The lowest BCUT2D eigenvalue weighted by atomic mass is 10.6. The third-order valence-corrected chi connectivity index (χ3v) is 3.55. The van der Waals surface area contributed by atoms with E-state index in [1.165, 1.54) is 24.9 Å². The molecule has 0 radical (unpaired) electrons. The van der Waals surface area contributed by atoms with E-state index >= 15 is 0 Å². The standard InChI is InChI=1S/C8H15N5O3S/c1-6(14)10-3-4-12-17(15,16)8-7(9)11-5-13(8)2/h5,12H,3-4,9H2,1-2H3,(H,10,14). The number of carbonyl (C=O) groups excluding carboxylic acids is 1. The normalized spacial score (nSPS) is 11.4. The van der Waals surface area contributed by atoms with Crippen molar-refractivity contribution >= 4 is 21.7 Å². The van der Waals surface area contributed by atoms with E-state index in [0.717, 1.165) is 0 Å². The van der Waals surface area contributed by atoms with Crippen molar-refractivity contribution < 1.29 is 13.2 Å². The summed E-state index contributed by atoms with van der Waals surface area (Å²) < 4.78 is 27.3. The van der Waals surface area contributed by atoms with Gasteiger partial charge in [-0.2, -0.15) is 0 Å². The number of anilines is 1. The number of nitrogens with zero attached hydrogens (tertiary/aromatic N) is 2. The van der Waals surface area contributed by atoms with Crippen molar-refractivity contribution in [2.24, 2.45) is 7.05 Å². The van der Waals surface area contributed by atoms with E-state index < -0.39 is 10.0 Å². The van der Waals surface area contributed by atoms with Crippen molar-refractivity contribution in [3.05, 3.63) is 6.33 Å². The lowest BCUT2D eigenvalue weighted by molar-refractivity contribution is -0.118. The molecule has 4 N–H and O–H groups in total. The molecule has 0 fully saturated rings. The Balaban J connectivity index is 2.67. The highest BCUT2D eigenvalue weighted by Crippen LogP contribution is 2.14. The smallest absolute Gasteiger partial charge is 0.260 e. The zero-order valence-corrected chi connectivity index (χ0v) is 10.4. The molecular weight excluding hydrogens is 246 g/mol. The highest BCUT2D eigenvalue weighted by Gasteiger charge is 2.21. The lowest BCUT2D eigenvalue weighted by Crippen LogP contribution is -2.34. The maximum atomic E-state index is 11.8. The Hall–Kier alpha value is -1.61. The average molecular weight is 261 g/mol. The molecule has 96 valence electrons. The quantitative estimate of drug-likeness (QED) is 0.552. The Kier molecular flexibility index (Phi) is 4.07. The van der Waals surface area contributed by atoms with Gasteiger partial charge in [-0.25, -0.2) is 18.1 Å². The number of hydrogen-bond donors (Lipinski definition) is 3. The Morgan fingerprint density at radius 3 is 2.65 bits per heavy atom. The van der Waals surface area contributed by atoms with Crippen molar-refractivity contribution in [1.82, 2.24) is 19.6 Å². The van der Waals surface area contributed by atoms with Crippen LogP contribution >= 0.6 is 0 Å². The molecule has 0 aliphatic heterocycles. The number of carbonyl (C=O) groups is 1. The molecule has 8 nitrogen and oxygen atoms in total. The van der Waals surface area contributed by atoms with E-state index in [1.807, 2.05) is 0 Å². The molecule has 0 spiro atoms. The summed E-state index contributed by atoms with van der Waals surface area (Å²) in [4.78, 5) is 14.3. The van der Waals surface area contributed by atoms with Gasteiger partial charge in [0.15, 0.2) is 10.8 Å². The summed E-state index contributed by atoms with van der Waals surface area (Å²) in [6.45, 7) is 1.66. The zero-order chi connectivity index (χ0) is 13.1. The first-order valence-electron chi connectivity index (χ1n) is 4.85. The SMILES string of the molecule is CC(=O)NCCNS(=O)(=O)c1c(N)ncn1C. The molecule has 0 aromatic carbocycles. The minimum atomic E-state index is -3.70. The highest BCUT2D eigenvalue weighted by atomic mass is 32.2. The maximum absolute atomic E-state index is 11.8. The molecule has 1 amide bonds. The first-order chi connectivity index (χ1) is 7.84. The van der Waals surface area contributed by atoms with Crippen LogP contribution in [-0.2, 0) is 21.9 Å². The van der Waals surface area contributed by atoms with Crippen molar-refractivity contribution in [1.29, 1.82) is 0 Å². The second-order valence-corrected chi connectivity index (χ2v) is 5.11. The van der Waals surface area contributed by atoms with E-state index in [9.17, 15) is 13.2 Å². The molecule has 0 bridgehead atoms. The second kappa shape index (κ2) is 5.15. The van der Waals surface area contributed by atoms with Crippen LogP contribution < -0.4 is 15.8 Å². The van der Waals surface area contributed by atoms with Gasteiger partial charge in [0.05, 0.1) is 6.33 Å². The van der Waals surface area contributed by atoms with Gasteiger partial charge in [0.2, 0.25) is 5.91 Å². The number of nitrogen functional groups attached to an aromatic ring is 1. The molecule has 9 heteroatoms. The van der Waals surface area contributed by atoms with Gasteiger partial charge in [-0.15, -0.1) is 0 Å². The molecule has 0 unspecified atom stereocenters. The van der Waals surface area contributed by atoms with Crippen molar-refractivity contribution in [2.45, 2.75) is 11.9 Å². The fraction of sp³-hybridized carbons (Fsp3) is 0.500. The summed E-state index contributed by atoms with van der Waals surface area (Å²) in [7, 11) is -2.17. The van der Waals surface area contributed by atoms with Gasteiger partial charge in [-0.05, 0) is 0 Å². The molecule has 0 saturated carbocycles. The van der Waals surface area contributed by atoms with E-state index in [1.54, 1.807) is 0 Å². The van der Waals surface area contributed by atoms with Crippen LogP contribution in [0.3, 0.4) is 0 Å². The van der Waals surface area contributed by atoms with Crippen LogP contribution in [0, 0.1) is 0 Å². The number of rotatable bonds is 5. The topological polar surface area (TPSA) is 119 Å². The van der Waals surface area contributed by atoms with Crippen LogP contribution in [0.2, 0.25) is 0 Å².